The minimum Gasteiger partial charge on any atom is -0.300 e. The fraction of sp³-hybridized carbons (Fsp3) is 0.364. The zero-order valence-electron chi connectivity index (χ0n) is 7.59. The summed E-state index contributed by atoms with van der Waals surface area (Å²) in [4.78, 5) is 11.1. The van der Waals surface area contributed by atoms with Crippen LogP contribution in [0.4, 0.5) is 4.39 Å². The summed E-state index contributed by atoms with van der Waals surface area (Å²) in [5.74, 6) is -0.109. The summed E-state index contributed by atoms with van der Waals surface area (Å²) in [5, 5.41) is 0.435. The van der Waals surface area contributed by atoms with Crippen LogP contribution < -0.4 is 0 Å². The van der Waals surface area contributed by atoms with Crippen LogP contribution in [0.5, 0.6) is 0 Å². The van der Waals surface area contributed by atoms with Gasteiger partial charge in [0, 0.05) is 23.4 Å². The molecule has 0 heterocycles. The van der Waals surface area contributed by atoms with E-state index in [1.807, 2.05) is 0 Å². The normalized spacial score (nSPS) is 21.6. The molecule has 0 saturated heterocycles. The molecule has 0 bridgehead atoms. The second-order valence-corrected chi connectivity index (χ2v) is 4.02. The lowest BCUT2D eigenvalue weighted by molar-refractivity contribution is -0.117. The van der Waals surface area contributed by atoms with Gasteiger partial charge in [0.25, 0.3) is 0 Å². The Kier molecular flexibility index (Phi) is 2.55. The predicted molar refractivity (Wildman–Crippen MR) is 53.0 cm³/mol. The summed E-state index contributed by atoms with van der Waals surface area (Å²) >= 11 is 5.91. The standard InChI is InChI=1S/C11H10ClFO/c12-9-2-1-3-10(13)11(9)7-4-5-8(14)6-7/h1-3,7H,4-6H2. The van der Waals surface area contributed by atoms with Crippen molar-refractivity contribution >= 4 is 17.4 Å². The maximum atomic E-state index is 13.4. The van der Waals surface area contributed by atoms with Crippen LogP contribution in [-0.4, -0.2) is 5.78 Å². The molecule has 1 fully saturated rings. The Morgan fingerprint density at radius 1 is 1.43 bits per heavy atom. The second-order valence-electron chi connectivity index (χ2n) is 3.61. The second kappa shape index (κ2) is 3.70. The van der Waals surface area contributed by atoms with Gasteiger partial charge in [0.15, 0.2) is 0 Å². The number of carbonyl (C=O) groups is 1. The maximum absolute atomic E-state index is 13.4. The first-order chi connectivity index (χ1) is 6.68. The van der Waals surface area contributed by atoms with Gasteiger partial charge in [-0.1, -0.05) is 17.7 Å². The number of carbonyl (C=O) groups excluding carboxylic acids is 1. The van der Waals surface area contributed by atoms with Gasteiger partial charge in [-0.05, 0) is 24.5 Å². The average molecular weight is 213 g/mol. The van der Waals surface area contributed by atoms with Gasteiger partial charge in [-0.25, -0.2) is 4.39 Å². The third-order valence-corrected chi connectivity index (χ3v) is 2.98. The molecule has 1 aliphatic carbocycles. The molecule has 74 valence electrons. The molecule has 1 saturated carbocycles. The molecule has 1 aromatic carbocycles. The monoisotopic (exact) mass is 212 g/mol. The van der Waals surface area contributed by atoms with E-state index < -0.39 is 0 Å². The van der Waals surface area contributed by atoms with E-state index in [1.54, 1.807) is 12.1 Å². The van der Waals surface area contributed by atoms with Crippen molar-refractivity contribution in [3.05, 3.63) is 34.6 Å². The quantitative estimate of drug-likeness (QED) is 0.698. The van der Waals surface area contributed by atoms with Gasteiger partial charge in [0.05, 0.1) is 0 Å². The smallest absolute Gasteiger partial charge is 0.133 e. The van der Waals surface area contributed by atoms with Crippen molar-refractivity contribution < 1.29 is 9.18 Å². The molecule has 0 aromatic heterocycles. The molecule has 0 spiro atoms. The summed E-state index contributed by atoms with van der Waals surface area (Å²) < 4.78 is 13.4. The summed E-state index contributed by atoms with van der Waals surface area (Å²) in [6, 6.07) is 4.64. The Balaban J connectivity index is 2.36. The molecule has 1 atom stereocenters. The summed E-state index contributed by atoms with van der Waals surface area (Å²) in [7, 11) is 0. The molecular weight excluding hydrogens is 203 g/mol. The number of rotatable bonds is 1. The number of halogens is 2. The van der Waals surface area contributed by atoms with E-state index in [2.05, 4.69) is 0 Å². The van der Waals surface area contributed by atoms with Crippen LogP contribution >= 0.6 is 11.6 Å². The Morgan fingerprint density at radius 2 is 2.21 bits per heavy atom. The van der Waals surface area contributed by atoms with Crippen molar-refractivity contribution in [2.24, 2.45) is 0 Å². The van der Waals surface area contributed by atoms with Crippen LogP contribution in [-0.2, 0) is 4.79 Å². The molecule has 1 unspecified atom stereocenters. The fourth-order valence-corrected chi connectivity index (χ4v) is 2.28. The van der Waals surface area contributed by atoms with E-state index in [-0.39, 0.29) is 17.5 Å². The minimum absolute atomic E-state index is 0.0174. The SMILES string of the molecule is O=C1CCC(c2c(F)cccc2Cl)C1. The average Bonchev–Trinajstić information content (AvgIpc) is 2.51. The van der Waals surface area contributed by atoms with E-state index in [0.717, 1.165) is 6.42 Å². The van der Waals surface area contributed by atoms with Gasteiger partial charge >= 0.3 is 0 Å². The van der Waals surface area contributed by atoms with Crippen molar-refractivity contribution in [2.45, 2.75) is 25.2 Å². The van der Waals surface area contributed by atoms with Crippen LogP contribution in [0, 0.1) is 5.82 Å². The van der Waals surface area contributed by atoms with Gasteiger partial charge in [-0.2, -0.15) is 0 Å². The number of Topliss-reactive ketones (excluding diaryl/α,β-unsaturated/α-hetero) is 1. The number of benzene rings is 1. The van der Waals surface area contributed by atoms with Crippen LogP contribution in [0.1, 0.15) is 30.7 Å². The Hall–Kier alpha value is -0.890. The van der Waals surface area contributed by atoms with Gasteiger partial charge in [0.2, 0.25) is 0 Å². The first kappa shape index (κ1) is 9.66. The molecule has 2 rings (SSSR count). The Bertz CT molecular complexity index is 355. The molecule has 3 heteroatoms. The van der Waals surface area contributed by atoms with Gasteiger partial charge in [-0.15, -0.1) is 0 Å². The van der Waals surface area contributed by atoms with E-state index in [9.17, 15) is 9.18 Å². The third kappa shape index (κ3) is 1.67. The van der Waals surface area contributed by atoms with E-state index >= 15 is 0 Å². The van der Waals surface area contributed by atoms with Gasteiger partial charge < -0.3 is 0 Å². The van der Waals surface area contributed by atoms with Gasteiger partial charge in [-0.3, -0.25) is 4.79 Å². The van der Waals surface area contributed by atoms with Crippen molar-refractivity contribution in [1.29, 1.82) is 0 Å². The Labute approximate surface area is 86.9 Å². The number of hydrogen-bond donors (Lipinski definition) is 0. The highest BCUT2D eigenvalue weighted by atomic mass is 35.5. The van der Waals surface area contributed by atoms with E-state index in [1.165, 1.54) is 6.07 Å². The summed E-state index contributed by atoms with van der Waals surface area (Å²) in [6.07, 6.45) is 1.70. The van der Waals surface area contributed by atoms with Crippen molar-refractivity contribution in [3.63, 3.8) is 0 Å². The number of hydrogen-bond acceptors (Lipinski definition) is 1. The molecule has 1 aliphatic rings. The third-order valence-electron chi connectivity index (χ3n) is 2.65. The lowest BCUT2D eigenvalue weighted by atomic mass is 9.97. The predicted octanol–water partition coefficient (Wildman–Crippen LogP) is 3.32. The van der Waals surface area contributed by atoms with E-state index in [0.29, 0.717) is 23.4 Å². The lowest BCUT2D eigenvalue weighted by Gasteiger charge is -2.11. The molecule has 0 aliphatic heterocycles. The van der Waals surface area contributed by atoms with Crippen LogP contribution in [0.3, 0.4) is 0 Å². The first-order valence-electron chi connectivity index (χ1n) is 4.64. The van der Waals surface area contributed by atoms with Crippen LogP contribution in [0.2, 0.25) is 5.02 Å². The minimum atomic E-state index is -0.294. The highest BCUT2D eigenvalue weighted by Gasteiger charge is 2.27. The summed E-state index contributed by atoms with van der Waals surface area (Å²) in [5.41, 5.74) is 0.514. The zero-order valence-corrected chi connectivity index (χ0v) is 8.35. The molecule has 0 amide bonds. The molecular formula is C11H10ClFO. The maximum Gasteiger partial charge on any atom is 0.133 e. The Morgan fingerprint density at radius 3 is 2.79 bits per heavy atom. The summed E-state index contributed by atoms with van der Waals surface area (Å²) in [6.45, 7) is 0. The fourth-order valence-electron chi connectivity index (χ4n) is 1.96. The number of ketones is 1. The highest BCUT2D eigenvalue weighted by molar-refractivity contribution is 6.31. The van der Waals surface area contributed by atoms with E-state index in [4.69, 9.17) is 11.6 Å². The largest absolute Gasteiger partial charge is 0.300 e. The van der Waals surface area contributed by atoms with Crippen molar-refractivity contribution in [2.75, 3.05) is 0 Å². The molecule has 1 aromatic rings. The molecule has 0 radical (unpaired) electrons. The molecule has 0 N–H and O–H groups in total. The molecule has 1 nitrogen and oxygen atoms in total. The van der Waals surface area contributed by atoms with Crippen molar-refractivity contribution in [3.8, 4) is 0 Å². The topological polar surface area (TPSA) is 17.1 Å². The highest BCUT2D eigenvalue weighted by Crippen LogP contribution is 2.37. The lowest BCUT2D eigenvalue weighted by Crippen LogP contribution is -1.99. The van der Waals surface area contributed by atoms with Crippen LogP contribution in [0.25, 0.3) is 0 Å². The molecule has 14 heavy (non-hydrogen) atoms. The zero-order chi connectivity index (χ0) is 10.1. The van der Waals surface area contributed by atoms with Crippen LogP contribution in [0.15, 0.2) is 18.2 Å². The van der Waals surface area contributed by atoms with Gasteiger partial charge in [0.1, 0.15) is 11.6 Å². The first-order valence-corrected chi connectivity index (χ1v) is 5.02. The van der Waals surface area contributed by atoms with Crippen molar-refractivity contribution in [1.82, 2.24) is 0 Å².